The van der Waals surface area contributed by atoms with Crippen molar-refractivity contribution >= 4 is 46.7 Å². The minimum Gasteiger partial charge on any atom is -0.382 e. The minimum atomic E-state index is -0.754. The average molecular weight is 506 g/mol. The normalized spacial score (nSPS) is 19.9. The number of nitrogens with two attached hydrogens (primary N) is 2. The van der Waals surface area contributed by atoms with Gasteiger partial charge in [0.05, 0.1) is 0 Å². The molecule has 2 aliphatic rings. The van der Waals surface area contributed by atoms with Gasteiger partial charge in [0.2, 0.25) is 0 Å². The number of nitrogens with zero attached hydrogens (tertiary/aromatic N) is 5. The number of benzene rings is 1. The molecular formula is C23H29Cl2N7O2. The molecule has 2 aromatic rings. The van der Waals surface area contributed by atoms with Gasteiger partial charge in [-0.15, -0.1) is 0 Å². The molecule has 2 saturated heterocycles. The number of anilines is 2. The summed E-state index contributed by atoms with van der Waals surface area (Å²) < 4.78 is 0. The van der Waals surface area contributed by atoms with E-state index in [4.69, 9.17) is 34.7 Å². The zero-order valence-corrected chi connectivity index (χ0v) is 20.6. The summed E-state index contributed by atoms with van der Waals surface area (Å²) in [5, 5.41) is 0.749. The molecule has 0 bridgehead atoms. The van der Waals surface area contributed by atoms with E-state index in [-0.39, 0.29) is 22.6 Å². The smallest absolute Gasteiger partial charge is 0.271 e. The summed E-state index contributed by atoms with van der Waals surface area (Å²) in [7, 11) is 0. The number of halogens is 2. The van der Waals surface area contributed by atoms with E-state index in [1.165, 1.54) is 0 Å². The highest BCUT2D eigenvalue weighted by Crippen LogP contribution is 2.30. The zero-order valence-electron chi connectivity index (χ0n) is 19.1. The highest BCUT2D eigenvalue weighted by atomic mass is 35.5. The van der Waals surface area contributed by atoms with E-state index >= 15 is 0 Å². The lowest BCUT2D eigenvalue weighted by atomic mass is 9.97. The third-order valence-corrected chi connectivity index (χ3v) is 7.21. The van der Waals surface area contributed by atoms with Crippen LogP contribution < -0.4 is 16.4 Å². The topological polar surface area (TPSA) is 122 Å². The maximum absolute atomic E-state index is 12.8. The van der Waals surface area contributed by atoms with Crippen molar-refractivity contribution in [1.82, 2.24) is 19.8 Å². The van der Waals surface area contributed by atoms with Crippen molar-refractivity contribution in [2.24, 2.45) is 5.73 Å². The van der Waals surface area contributed by atoms with E-state index in [1.54, 1.807) is 24.3 Å². The summed E-state index contributed by atoms with van der Waals surface area (Å²) >= 11 is 12.3. The van der Waals surface area contributed by atoms with Gasteiger partial charge in [-0.3, -0.25) is 14.5 Å². The van der Waals surface area contributed by atoms with Crippen molar-refractivity contribution < 1.29 is 9.59 Å². The molecule has 2 amide bonds. The summed E-state index contributed by atoms with van der Waals surface area (Å²) in [5.41, 5.74) is 11.7. The predicted octanol–water partition coefficient (Wildman–Crippen LogP) is 2.67. The fourth-order valence-corrected chi connectivity index (χ4v) is 5.26. The van der Waals surface area contributed by atoms with Gasteiger partial charge in [-0.25, -0.2) is 9.97 Å². The largest absolute Gasteiger partial charge is 0.382 e. The van der Waals surface area contributed by atoms with Crippen LogP contribution in [0.25, 0.3) is 0 Å². The number of piperazine rings is 1. The highest BCUT2D eigenvalue weighted by molar-refractivity contribution is 6.32. The minimum absolute atomic E-state index is 0.0138. The molecule has 34 heavy (non-hydrogen) atoms. The second-order valence-corrected chi connectivity index (χ2v) is 9.51. The van der Waals surface area contributed by atoms with Gasteiger partial charge < -0.3 is 21.3 Å². The first-order valence-corrected chi connectivity index (χ1v) is 12.2. The van der Waals surface area contributed by atoms with Gasteiger partial charge in [0.25, 0.3) is 11.8 Å². The van der Waals surface area contributed by atoms with Crippen LogP contribution >= 0.6 is 23.2 Å². The van der Waals surface area contributed by atoms with E-state index in [0.29, 0.717) is 35.0 Å². The molecule has 0 radical (unpaired) electrons. The Labute approximate surface area is 209 Å². The number of hydrogen-bond donors (Lipinski definition) is 2. The molecule has 9 nitrogen and oxygen atoms in total. The molecule has 3 heterocycles. The summed E-state index contributed by atoms with van der Waals surface area (Å²) in [6.07, 6.45) is 2.81. The van der Waals surface area contributed by atoms with Crippen molar-refractivity contribution in [3.8, 4) is 0 Å². The molecule has 4 rings (SSSR count). The lowest BCUT2D eigenvalue weighted by Crippen LogP contribution is -2.58. The summed E-state index contributed by atoms with van der Waals surface area (Å²) in [6.45, 7) is 5.90. The van der Waals surface area contributed by atoms with Crippen molar-refractivity contribution in [1.29, 1.82) is 0 Å². The SMILES string of the molecule is CC[C@H]1CN(c2nc(N)c(C(N)=O)nc2Cl)CCN1C1CCN(C(=O)c2ccc(Cl)cc2)CC1. The molecule has 2 fully saturated rings. The molecule has 182 valence electrons. The maximum Gasteiger partial charge on any atom is 0.271 e. The van der Waals surface area contributed by atoms with Crippen LogP contribution in [0, 0.1) is 0 Å². The molecule has 0 aliphatic carbocycles. The Bertz CT molecular complexity index is 1060. The van der Waals surface area contributed by atoms with E-state index in [2.05, 4.69) is 26.7 Å². The Kier molecular flexibility index (Phi) is 7.45. The van der Waals surface area contributed by atoms with Gasteiger partial charge in [0.1, 0.15) is 0 Å². The van der Waals surface area contributed by atoms with Crippen LogP contribution in [0.1, 0.15) is 47.0 Å². The number of hydrogen-bond acceptors (Lipinski definition) is 7. The number of aromatic nitrogens is 2. The van der Waals surface area contributed by atoms with Crippen LogP contribution in [0.15, 0.2) is 24.3 Å². The summed E-state index contributed by atoms with van der Waals surface area (Å²) in [5.74, 6) is -0.237. The fraction of sp³-hybridized carbons (Fsp3) is 0.478. The Balaban J connectivity index is 1.39. The van der Waals surface area contributed by atoms with Crippen molar-refractivity contribution in [2.75, 3.05) is 43.4 Å². The molecule has 11 heteroatoms. The lowest BCUT2D eigenvalue weighted by molar-refractivity contribution is 0.0490. The molecule has 1 atom stereocenters. The number of primary amides is 1. The van der Waals surface area contributed by atoms with E-state index in [1.807, 2.05) is 4.90 Å². The monoisotopic (exact) mass is 505 g/mol. The number of rotatable bonds is 5. The number of carbonyl (C=O) groups excluding carboxylic acids is 2. The van der Waals surface area contributed by atoms with Crippen LogP contribution in [0.5, 0.6) is 0 Å². The standard InChI is InChI=1S/C23H29Cl2N7O2/c1-2-16-13-31(22-19(25)28-18(21(27)33)20(26)29-22)11-12-32(16)17-7-9-30(10-8-17)23(34)14-3-5-15(24)6-4-14/h3-6,16-17H,2,7-13H2,1H3,(H2,26,29)(H2,27,33)/t16-/m0/s1. The number of nitrogen functional groups attached to an aromatic ring is 1. The predicted molar refractivity (Wildman–Crippen MR) is 133 cm³/mol. The number of carbonyl (C=O) groups is 2. The van der Waals surface area contributed by atoms with Gasteiger partial charge in [-0.2, -0.15) is 0 Å². The molecule has 2 aliphatic heterocycles. The molecule has 0 spiro atoms. The number of amides is 2. The molecule has 0 unspecified atom stereocenters. The van der Waals surface area contributed by atoms with E-state index in [9.17, 15) is 9.59 Å². The lowest BCUT2D eigenvalue weighted by Gasteiger charge is -2.47. The molecule has 0 saturated carbocycles. The zero-order chi connectivity index (χ0) is 24.4. The van der Waals surface area contributed by atoms with Gasteiger partial charge in [-0.05, 0) is 43.5 Å². The average Bonchev–Trinajstić information content (AvgIpc) is 2.84. The van der Waals surface area contributed by atoms with E-state index < -0.39 is 5.91 Å². The van der Waals surface area contributed by atoms with Crippen LogP contribution in [0.3, 0.4) is 0 Å². The fourth-order valence-electron chi connectivity index (χ4n) is 4.88. The second-order valence-electron chi connectivity index (χ2n) is 8.71. The van der Waals surface area contributed by atoms with Crippen LogP contribution in [-0.4, -0.2) is 76.4 Å². The summed E-state index contributed by atoms with van der Waals surface area (Å²) in [4.78, 5) is 39.2. The molecule has 4 N–H and O–H groups in total. The van der Waals surface area contributed by atoms with Crippen LogP contribution in [-0.2, 0) is 0 Å². The highest BCUT2D eigenvalue weighted by Gasteiger charge is 2.35. The van der Waals surface area contributed by atoms with Gasteiger partial charge in [0.15, 0.2) is 22.5 Å². The van der Waals surface area contributed by atoms with E-state index in [0.717, 1.165) is 45.4 Å². The van der Waals surface area contributed by atoms with Crippen molar-refractivity contribution in [3.63, 3.8) is 0 Å². The maximum atomic E-state index is 12.8. The van der Waals surface area contributed by atoms with Gasteiger partial charge >= 0.3 is 0 Å². The van der Waals surface area contributed by atoms with Crippen LogP contribution in [0.4, 0.5) is 11.6 Å². The molecule has 1 aromatic heterocycles. The Morgan fingerprint density at radius 3 is 2.35 bits per heavy atom. The quantitative estimate of drug-likeness (QED) is 0.640. The second kappa shape index (κ2) is 10.3. The summed E-state index contributed by atoms with van der Waals surface area (Å²) in [6, 6.07) is 7.76. The first-order chi connectivity index (χ1) is 16.3. The molecule has 1 aromatic carbocycles. The molecular weight excluding hydrogens is 477 g/mol. The van der Waals surface area contributed by atoms with Crippen molar-refractivity contribution in [2.45, 2.75) is 38.3 Å². The van der Waals surface area contributed by atoms with Crippen molar-refractivity contribution in [3.05, 3.63) is 45.7 Å². The Morgan fingerprint density at radius 1 is 1.06 bits per heavy atom. The third kappa shape index (κ3) is 5.06. The Morgan fingerprint density at radius 2 is 1.74 bits per heavy atom. The first kappa shape index (κ1) is 24.5. The number of piperidine rings is 1. The van der Waals surface area contributed by atoms with Crippen LogP contribution in [0.2, 0.25) is 10.2 Å². The van der Waals surface area contributed by atoms with Gasteiger partial charge in [0, 0.05) is 55.4 Å². The first-order valence-electron chi connectivity index (χ1n) is 11.5. The Hall–Kier alpha value is -2.62. The number of likely N-dealkylation sites (tertiary alicyclic amines) is 1. The van der Waals surface area contributed by atoms with Gasteiger partial charge in [-0.1, -0.05) is 30.1 Å². The third-order valence-electron chi connectivity index (χ3n) is 6.71.